The fraction of sp³-hybridized carbons (Fsp3) is 0.455. The van der Waals surface area contributed by atoms with E-state index in [1.807, 2.05) is 0 Å². The van der Waals surface area contributed by atoms with Crippen LogP contribution in [0.2, 0.25) is 10.0 Å². The zero-order valence-electron chi connectivity index (χ0n) is 10.7. The van der Waals surface area contributed by atoms with Crippen LogP contribution in [0.15, 0.2) is 17.0 Å². The molecule has 10 heteroatoms. The second-order valence-electron chi connectivity index (χ2n) is 4.16. The third-order valence-corrected chi connectivity index (χ3v) is 4.97. The monoisotopic (exact) mass is 364 g/mol. The number of hydrogen-bond acceptors (Lipinski definition) is 3. The lowest BCUT2D eigenvalue weighted by Crippen LogP contribution is -2.26. The van der Waals surface area contributed by atoms with Gasteiger partial charge in [-0.2, -0.15) is 13.2 Å². The zero-order chi connectivity index (χ0) is 16.3. The van der Waals surface area contributed by atoms with E-state index in [0.717, 1.165) is 0 Å². The van der Waals surface area contributed by atoms with Crippen LogP contribution in [0.5, 0.6) is 0 Å². The molecule has 0 amide bonds. The van der Waals surface area contributed by atoms with Crippen LogP contribution in [0.25, 0.3) is 0 Å². The Balaban J connectivity index is 2.84. The molecule has 0 spiro atoms. The van der Waals surface area contributed by atoms with Crippen LogP contribution in [0.1, 0.15) is 18.4 Å². The Labute approximate surface area is 130 Å². The van der Waals surface area contributed by atoms with Gasteiger partial charge in [-0.05, 0) is 18.6 Å². The molecule has 0 aliphatic heterocycles. The lowest BCUT2D eigenvalue weighted by atomic mass is 10.2. The number of hydrogen-bond donors (Lipinski definition) is 2. The van der Waals surface area contributed by atoms with Crippen molar-refractivity contribution in [3.63, 3.8) is 0 Å². The topological polar surface area (TPSA) is 72.2 Å². The van der Waals surface area contributed by atoms with Gasteiger partial charge in [0.15, 0.2) is 0 Å². The molecule has 1 rings (SSSR count). The van der Waals surface area contributed by atoms with Gasteiger partial charge in [0, 0.05) is 30.1 Å². The third kappa shape index (κ3) is 5.30. The molecule has 0 atom stereocenters. The molecule has 0 unspecified atom stereocenters. The molecule has 0 radical (unpaired) electrons. The number of halogens is 5. The standard InChI is InChI=1S/C11H13Cl2F3N2O2S/c12-8-2-3-9(10(13)7(8)6-17)21(19,20)18-5-1-4-11(14,15)16/h2-3,18H,1,4-6,17H2. The summed E-state index contributed by atoms with van der Waals surface area (Å²) < 4.78 is 62.0. The molecular formula is C11H13Cl2F3N2O2S. The number of rotatable bonds is 6. The molecule has 1 aromatic rings. The number of sulfonamides is 1. The molecule has 0 aliphatic rings. The van der Waals surface area contributed by atoms with Gasteiger partial charge in [0.1, 0.15) is 4.90 Å². The summed E-state index contributed by atoms with van der Waals surface area (Å²) in [7, 11) is -4.02. The molecule has 21 heavy (non-hydrogen) atoms. The van der Waals surface area contributed by atoms with Gasteiger partial charge in [-0.15, -0.1) is 0 Å². The summed E-state index contributed by atoms with van der Waals surface area (Å²) in [5.74, 6) is 0. The molecule has 0 bridgehead atoms. The van der Waals surface area contributed by atoms with E-state index in [-0.39, 0.29) is 40.0 Å². The molecule has 120 valence electrons. The molecule has 3 N–H and O–H groups in total. The number of nitrogens with two attached hydrogens (primary N) is 1. The summed E-state index contributed by atoms with van der Waals surface area (Å²) in [5, 5.41) is 0.0897. The fourth-order valence-corrected chi connectivity index (χ4v) is 3.55. The maximum Gasteiger partial charge on any atom is 0.389 e. The molecule has 0 saturated carbocycles. The Kier molecular flexibility index (Phi) is 6.30. The normalized spacial score (nSPS) is 12.7. The highest BCUT2D eigenvalue weighted by Crippen LogP contribution is 2.30. The summed E-state index contributed by atoms with van der Waals surface area (Å²) in [6.45, 7) is -0.409. The van der Waals surface area contributed by atoms with Crippen LogP contribution in [-0.4, -0.2) is 21.1 Å². The van der Waals surface area contributed by atoms with Crippen molar-refractivity contribution < 1.29 is 21.6 Å². The minimum absolute atomic E-state index is 0.0604. The summed E-state index contributed by atoms with van der Waals surface area (Å²) in [6.07, 6.45) is -5.76. The first-order valence-corrected chi connectivity index (χ1v) is 8.06. The highest BCUT2D eigenvalue weighted by Gasteiger charge is 2.27. The summed E-state index contributed by atoms with van der Waals surface area (Å²) in [6, 6.07) is 2.50. The van der Waals surface area contributed by atoms with Gasteiger partial charge >= 0.3 is 6.18 Å². The average Bonchev–Trinajstić information content (AvgIpc) is 2.34. The van der Waals surface area contributed by atoms with Gasteiger partial charge < -0.3 is 5.73 Å². The van der Waals surface area contributed by atoms with Crippen molar-refractivity contribution in [2.24, 2.45) is 5.73 Å². The Morgan fingerprint density at radius 2 is 1.86 bits per heavy atom. The number of nitrogens with one attached hydrogen (secondary N) is 1. The van der Waals surface area contributed by atoms with Crippen molar-refractivity contribution >= 4 is 33.2 Å². The Morgan fingerprint density at radius 3 is 2.38 bits per heavy atom. The lowest BCUT2D eigenvalue weighted by Gasteiger charge is -2.12. The van der Waals surface area contributed by atoms with E-state index >= 15 is 0 Å². The molecular weight excluding hydrogens is 352 g/mol. The minimum Gasteiger partial charge on any atom is -0.326 e. The van der Waals surface area contributed by atoms with Gasteiger partial charge in [0.25, 0.3) is 0 Å². The smallest absolute Gasteiger partial charge is 0.326 e. The molecule has 1 aromatic carbocycles. The summed E-state index contributed by atoms with van der Waals surface area (Å²) >= 11 is 11.7. The van der Waals surface area contributed by atoms with Gasteiger partial charge in [-0.25, -0.2) is 13.1 Å². The summed E-state index contributed by atoms with van der Waals surface area (Å²) in [4.78, 5) is -0.263. The van der Waals surface area contributed by atoms with Crippen molar-refractivity contribution in [2.45, 2.75) is 30.5 Å². The van der Waals surface area contributed by atoms with Gasteiger partial charge in [0.2, 0.25) is 10.0 Å². The SMILES string of the molecule is NCc1c(Cl)ccc(S(=O)(=O)NCCCC(F)(F)F)c1Cl. The minimum atomic E-state index is -4.32. The number of benzene rings is 1. The molecule has 0 aliphatic carbocycles. The van der Waals surface area contributed by atoms with E-state index < -0.39 is 22.6 Å². The van der Waals surface area contributed by atoms with Crippen molar-refractivity contribution in [1.82, 2.24) is 4.72 Å². The molecule has 0 heterocycles. The van der Waals surface area contributed by atoms with Crippen LogP contribution in [0.3, 0.4) is 0 Å². The highest BCUT2D eigenvalue weighted by molar-refractivity contribution is 7.89. The third-order valence-electron chi connectivity index (χ3n) is 2.57. The van der Waals surface area contributed by atoms with Crippen LogP contribution >= 0.6 is 23.2 Å². The van der Waals surface area contributed by atoms with E-state index in [2.05, 4.69) is 4.72 Å². The maximum absolute atomic E-state index is 12.0. The predicted molar refractivity (Wildman–Crippen MR) is 74.8 cm³/mol. The van der Waals surface area contributed by atoms with Crippen molar-refractivity contribution in [3.8, 4) is 0 Å². The predicted octanol–water partition coefficient (Wildman–Crippen LogP) is 3.07. The first-order chi connectivity index (χ1) is 9.58. The van der Waals surface area contributed by atoms with Gasteiger partial charge in [-0.1, -0.05) is 23.2 Å². The Bertz CT molecular complexity index is 606. The second-order valence-corrected chi connectivity index (χ2v) is 6.68. The first kappa shape index (κ1) is 18.5. The fourth-order valence-electron chi connectivity index (χ4n) is 1.54. The average molecular weight is 365 g/mol. The van der Waals surface area contributed by atoms with Gasteiger partial charge in [-0.3, -0.25) is 0 Å². The van der Waals surface area contributed by atoms with E-state index in [4.69, 9.17) is 28.9 Å². The second kappa shape index (κ2) is 7.15. The van der Waals surface area contributed by atoms with Crippen molar-refractivity contribution in [2.75, 3.05) is 6.54 Å². The maximum atomic E-state index is 12.0. The van der Waals surface area contributed by atoms with Crippen molar-refractivity contribution in [3.05, 3.63) is 27.7 Å². The van der Waals surface area contributed by atoms with E-state index in [1.165, 1.54) is 12.1 Å². The van der Waals surface area contributed by atoms with E-state index in [0.29, 0.717) is 0 Å². The number of alkyl halides is 3. The van der Waals surface area contributed by atoms with Crippen molar-refractivity contribution in [1.29, 1.82) is 0 Å². The largest absolute Gasteiger partial charge is 0.389 e. The quantitative estimate of drug-likeness (QED) is 0.761. The van der Waals surface area contributed by atoms with E-state index in [1.54, 1.807) is 0 Å². The first-order valence-electron chi connectivity index (χ1n) is 5.82. The van der Waals surface area contributed by atoms with Crippen LogP contribution in [0.4, 0.5) is 13.2 Å². The zero-order valence-corrected chi connectivity index (χ0v) is 13.0. The Morgan fingerprint density at radius 1 is 1.24 bits per heavy atom. The molecule has 0 aromatic heterocycles. The lowest BCUT2D eigenvalue weighted by molar-refractivity contribution is -0.135. The van der Waals surface area contributed by atoms with Crippen LogP contribution < -0.4 is 10.5 Å². The summed E-state index contributed by atoms with van der Waals surface area (Å²) in [5.41, 5.74) is 5.68. The van der Waals surface area contributed by atoms with E-state index in [9.17, 15) is 21.6 Å². The molecule has 4 nitrogen and oxygen atoms in total. The highest BCUT2D eigenvalue weighted by atomic mass is 35.5. The Hall–Kier alpha value is -0.540. The van der Waals surface area contributed by atoms with Crippen LogP contribution in [-0.2, 0) is 16.6 Å². The molecule has 0 fully saturated rings. The van der Waals surface area contributed by atoms with Gasteiger partial charge in [0.05, 0.1) is 5.02 Å². The molecule has 0 saturated heterocycles. The van der Waals surface area contributed by atoms with Crippen LogP contribution in [0, 0.1) is 0 Å².